The number of aliphatic hydroxyl groups excluding tert-OH is 3. The number of hydrogen-bond acceptors (Lipinski definition) is 6. The maximum atomic E-state index is 12.3. The number of rotatable bonds is 12. The van der Waals surface area contributed by atoms with Gasteiger partial charge in [0.05, 0.1) is 6.61 Å². The van der Waals surface area contributed by atoms with Crippen LogP contribution in [0.5, 0.6) is 0 Å². The van der Waals surface area contributed by atoms with E-state index in [0.29, 0.717) is 12.8 Å². The summed E-state index contributed by atoms with van der Waals surface area (Å²) in [4.78, 5) is 25.9. The lowest BCUT2D eigenvalue weighted by atomic mass is 9.95. The fourth-order valence-electron chi connectivity index (χ4n) is 3.79. The Labute approximate surface area is 178 Å². The van der Waals surface area contributed by atoms with Crippen LogP contribution in [-0.4, -0.2) is 54.2 Å². The van der Waals surface area contributed by atoms with E-state index in [9.17, 15) is 24.9 Å². The zero-order valence-corrected chi connectivity index (χ0v) is 18.2. The molecule has 1 aromatic rings. The van der Waals surface area contributed by atoms with Gasteiger partial charge in [-0.3, -0.25) is 14.3 Å². The van der Waals surface area contributed by atoms with E-state index in [1.807, 2.05) is 0 Å². The van der Waals surface area contributed by atoms with E-state index in [2.05, 4.69) is 27.6 Å². The first-order valence-corrected chi connectivity index (χ1v) is 11.5. The van der Waals surface area contributed by atoms with Crippen molar-refractivity contribution in [1.29, 1.82) is 0 Å². The van der Waals surface area contributed by atoms with E-state index >= 15 is 0 Å². The lowest BCUT2D eigenvalue weighted by Gasteiger charge is -2.34. The molecule has 0 unspecified atom stereocenters. The fourth-order valence-corrected chi connectivity index (χ4v) is 4.33. The zero-order valence-electron chi connectivity index (χ0n) is 16.1. The van der Waals surface area contributed by atoms with Crippen LogP contribution < -0.4 is 11.2 Å². The highest BCUT2D eigenvalue weighted by Crippen LogP contribution is 2.38. The van der Waals surface area contributed by atoms with Gasteiger partial charge in [-0.2, -0.15) is 0 Å². The Morgan fingerprint density at radius 3 is 2.21 bits per heavy atom. The van der Waals surface area contributed by atoms with Crippen molar-refractivity contribution in [3.05, 3.63) is 33.1 Å². The molecule has 0 amide bonds. The number of nitrogens with zero attached hydrogens (tertiary/aromatic N) is 1. The summed E-state index contributed by atoms with van der Waals surface area (Å²) in [6.45, 7) is -0.477. The van der Waals surface area contributed by atoms with Gasteiger partial charge in [0.15, 0.2) is 5.72 Å². The number of aromatic amines is 1. The molecule has 0 radical (unpaired) electrons. The van der Waals surface area contributed by atoms with Crippen LogP contribution >= 0.6 is 22.6 Å². The molecule has 2 heterocycles. The highest BCUT2D eigenvalue weighted by Gasteiger charge is 2.55. The topological polar surface area (TPSA) is 125 Å². The highest BCUT2D eigenvalue weighted by molar-refractivity contribution is 14.1. The van der Waals surface area contributed by atoms with E-state index in [4.69, 9.17) is 4.74 Å². The quantitative estimate of drug-likeness (QED) is 0.191. The summed E-state index contributed by atoms with van der Waals surface area (Å²) in [7, 11) is 0. The second-order valence-electron chi connectivity index (χ2n) is 7.37. The van der Waals surface area contributed by atoms with Crippen LogP contribution in [0.3, 0.4) is 0 Å². The molecule has 1 aromatic heterocycles. The van der Waals surface area contributed by atoms with Crippen molar-refractivity contribution in [2.75, 3.05) is 11.0 Å². The summed E-state index contributed by atoms with van der Waals surface area (Å²) in [6, 6.07) is 1.17. The SMILES string of the molecule is O=c1ccn([C@]2(CCCCCCCCCCI)O[C@H](CO)[C@@H](O)[C@H]2O)c(=O)[nH]1. The van der Waals surface area contributed by atoms with Crippen LogP contribution in [0.4, 0.5) is 0 Å². The number of halogens is 1. The Morgan fingerprint density at radius 1 is 1.07 bits per heavy atom. The summed E-state index contributed by atoms with van der Waals surface area (Å²) in [5.41, 5.74) is -2.77. The third kappa shape index (κ3) is 5.65. The average Bonchev–Trinajstić information content (AvgIpc) is 2.92. The predicted molar refractivity (Wildman–Crippen MR) is 114 cm³/mol. The maximum Gasteiger partial charge on any atom is 0.330 e. The van der Waals surface area contributed by atoms with Gasteiger partial charge >= 0.3 is 5.69 Å². The Bertz CT molecular complexity index is 708. The first kappa shape index (κ1) is 23.5. The number of alkyl halides is 1. The number of aromatic nitrogens is 2. The van der Waals surface area contributed by atoms with Crippen LogP contribution in [0.1, 0.15) is 57.8 Å². The van der Waals surface area contributed by atoms with Gasteiger partial charge in [-0.15, -0.1) is 0 Å². The van der Waals surface area contributed by atoms with Crippen LogP contribution in [0.25, 0.3) is 0 Å². The molecule has 9 heteroatoms. The van der Waals surface area contributed by atoms with Crippen molar-refractivity contribution in [1.82, 2.24) is 9.55 Å². The van der Waals surface area contributed by atoms with Crippen molar-refractivity contribution >= 4 is 22.6 Å². The molecule has 1 saturated heterocycles. The molecule has 0 bridgehead atoms. The summed E-state index contributed by atoms with van der Waals surface area (Å²) >= 11 is 2.39. The molecule has 28 heavy (non-hydrogen) atoms. The minimum Gasteiger partial charge on any atom is -0.394 e. The lowest BCUT2D eigenvalue weighted by molar-refractivity contribution is -0.156. The summed E-state index contributed by atoms with van der Waals surface area (Å²) in [6.07, 6.45) is 6.60. The molecule has 1 fully saturated rings. The van der Waals surface area contributed by atoms with Gasteiger partial charge in [0.2, 0.25) is 0 Å². The Hall–Kier alpha value is -0.750. The molecule has 0 aliphatic carbocycles. The molecule has 0 saturated carbocycles. The van der Waals surface area contributed by atoms with E-state index in [0.717, 1.165) is 23.8 Å². The number of ether oxygens (including phenoxy) is 1. The van der Waals surface area contributed by atoms with Crippen LogP contribution in [0, 0.1) is 0 Å². The molecular formula is C19H31IN2O6. The van der Waals surface area contributed by atoms with Gasteiger partial charge in [-0.25, -0.2) is 4.79 Å². The maximum absolute atomic E-state index is 12.3. The summed E-state index contributed by atoms with van der Waals surface area (Å²) < 4.78 is 8.12. The van der Waals surface area contributed by atoms with Crippen molar-refractivity contribution in [2.45, 2.75) is 81.8 Å². The molecule has 160 valence electrons. The second-order valence-corrected chi connectivity index (χ2v) is 8.45. The Kier molecular flexibility index (Phi) is 9.61. The Morgan fingerprint density at radius 2 is 1.68 bits per heavy atom. The van der Waals surface area contributed by atoms with Gasteiger partial charge < -0.3 is 20.1 Å². The van der Waals surface area contributed by atoms with Crippen LogP contribution in [0.2, 0.25) is 0 Å². The van der Waals surface area contributed by atoms with Crippen molar-refractivity contribution < 1.29 is 20.1 Å². The van der Waals surface area contributed by atoms with Crippen molar-refractivity contribution in [3.8, 4) is 0 Å². The molecule has 0 aromatic carbocycles. The molecule has 4 atom stereocenters. The van der Waals surface area contributed by atoms with Gasteiger partial charge in [0, 0.05) is 12.3 Å². The minimum atomic E-state index is -1.51. The molecule has 8 nitrogen and oxygen atoms in total. The van der Waals surface area contributed by atoms with E-state index in [1.165, 1.54) is 42.4 Å². The smallest absolute Gasteiger partial charge is 0.330 e. The minimum absolute atomic E-state index is 0.294. The molecule has 4 N–H and O–H groups in total. The van der Waals surface area contributed by atoms with Crippen molar-refractivity contribution in [2.24, 2.45) is 0 Å². The molecule has 1 aliphatic rings. The second kappa shape index (κ2) is 11.4. The number of aliphatic hydroxyl groups is 3. The highest BCUT2D eigenvalue weighted by atomic mass is 127. The first-order valence-electron chi connectivity index (χ1n) is 9.99. The van der Waals surface area contributed by atoms with Gasteiger partial charge in [0.1, 0.15) is 18.3 Å². The first-order chi connectivity index (χ1) is 13.5. The third-order valence-electron chi connectivity index (χ3n) is 5.35. The monoisotopic (exact) mass is 510 g/mol. The normalized spacial score (nSPS) is 27.4. The van der Waals surface area contributed by atoms with Crippen LogP contribution in [0.15, 0.2) is 21.9 Å². The lowest BCUT2D eigenvalue weighted by Crippen LogP contribution is -2.51. The predicted octanol–water partition coefficient (Wildman–Crippen LogP) is 1.25. The van der Waals surface area contributed by atoms with E-state index < -0.39 is 41.9 Å². The largest absolute Gasteiger partial charge is 0.394 e. The number of unbranched alkanes of at least 4 members (excludes halogenated alkanes) is 7. The van der Waals surface area contributed by atoms with E-state index in [1.54, 1.807) is 0 Å². The fraction of sp³-hybridized carbons (Fsp3) is 0.789. The zero-order chi connectivity index (χ0) is 20.6. The van der Waals surface area contributed by atoms with Crippen LogP contribution in [-0.2, 0) is 10.5 Å². The number of nitrogens with one attached hydrogen (secondary N) is 1. The summed E-state index contributed by atoms with van der Waals surface area (Å²) in [5.74, 6) is 0. The number of H-pyrrole nitrogens is 1. The average molecular weight is 510 g/mol. The number of hydrogen-bond donors (Lipinski definition) is 4. The molecule has 2 rings (SSSR count). The molecule has 1 aliphatic heterocycles. The van der Waals surface area contributed by atoms with Gasteiger partial charge in [0.25, 0.3) is 5.56 Å². The van der Waals surface area contributed by atoms with Gasteiger partial charge in [-0.1, -0.05) is 61.1 Å². The standard InChI is InChI=1S/C19H31IN2O6/c20-11-8-6-4-2-1-3-5-7-10-19(17(26)16(25)14(13-23)28-19)22-12-9-15(24)21-18(22)27/h9,12,14,16-17,23,25-26H,1-8,10-11,13H2,(H,21,24,27)/t14-,16-,17-,19-/m1/s1. The summed E-state index contributed by atoms with van der Waals surface area (Å²) in [5, 5.41) is 30.3. The molecular weight excluding hydrogens is 479 g/mol. The van der Waals surface area contributed by atoms with Gasteiger partial charge in [-0.05, 0) is 23.7 Å². The third-order valence-corrected chi connectivity index (χ3v) is 6.12. The van der Waals surface area contributed by atoms with E-state index in [-0.39, 0.29) is 0 Å². The molecule has 0 spiro atoms. The Balaban J connectivity index is 2.01. The van der Waals surface area contributed by atoms with Crippen molar-refractivity contribution in [3.63, 3.8) is 0 Å².